The van der Waals surface area contributed by atoms with Gasteiger partial charge in [0.25, 0.3) is 0 Å². The zero-order valence-electron chi connectivity index (χ0n) is 15.2. The maximum Gasteiger partial charge on any atom is 0.141 e. The largest absolute Gasteiger partial charge is 0.324 e. The van der Waals surface area contributed by atoms with Crippen LogP contribution in [0.3, 0.4) is 0 Å². The molecule has 1 aliphatic rings. The van der Waals surface area contributed by atoms with Crippen molar-refractivity contribution in [3.05, 3.63) is 53.1 Å². The molecule has 0 amide bonds. The van der Waals surface area contributed by atoms with Gasteiger partial charge in [0.2, 0.25) is 0 Å². The van der Waals surface area contributed by atoms with Crippen LogP contribution in [0.5, 0.6) is 0 Å². The minimum atomic E-state index is 0.312. The van der Waals surface area contributed by atoms with Crippen molar-refractivity contribution in [3.8, 4) is 11.4 Å². The first-order valence-electron chi connectivity index (χ1n) is 9.00. The van der Waals surface area contributed by atoms with E-state index >= 15 is 0 Å². The molecule has 0 radical (unpaired) electrons. The van der Waals surface area contributed by atoms with E-state index in [2.05, 4.69) is 68.7 Å². The van der Waals surface area contributed by atoms with Crippen LogP contribution >= 0.6 is 0 Å². The number of nitrogens with zero attached hydrogens (tertiary/aromatic N) is 2. The van der Waals surface area contributed by atoms with Gasteiger partial charge in [0.15, 0.2) is 0 Å². The van der Waals surface area contributed by atoms with Crippen LogP contribution in [0.25, 0.3) is 22.4 Å². The number of hydrogen-bond acceptors (Lipinski definition) is 1. The Hall–Kier alpha value is -2.09. The molecule has 0 bridgehead atoms. The Balaban J connectivity index is 1.91. The fourth-order valence-electron chi connectivity index (χ4n) is 3.91. The highest BCUT2D eigenvalue weighted by molar-refractivity contribution is 5.85. The lowest BCUT2D eigenvalue weighted by atomic mass is 9.84. The third-order valence-corrected chi connectivity index (χ3v) is 4.95. The lowest BCUT2D eigenvalue weighted by Gasteiger charge is -2.24. The molecular formula is C22H26N2. The lowest BCUT2D eigenvalue weighted by Crippen LogP contribution is -2.15. The highest BCUT2D eigenvalue weighted by Crippen LogP contribution is 2.35. The minimum Gasteiger partial charge on any atom is -0.324 e. The molecule has 2 aromatic carbocycles. The average molecular weight is 318 g/mol. The smallest absolute Gasteiger partial charge is 0.141 e. The maximum absolute atomic E-state index is 4.98. The Morgan fingerprint density at radius 3 is 2.50 bits per heavy atom. The molecule has 0 N–H and O–H groups in total. The van der Waals surface area contributed by atoms with Gasteiger partial charge in [-0.05, 0) is 48.8 Å². The summed E-state index contributed by atoms with van der Waals surface area (Å²) in [6.07, 6.45) is 3.52. The van der Waals surface area contributed by atoms with E-state index < -0.39 is 0 Å². The van der Waals surface area contributed by atoms with Crippen molar-refractivity contribution in [2.24, 2.45) is 5.41 Å². The van der Waals surface area contributed by atoms with Crippen molar-refractivity contribution in [1.82, 2.24) is 9.55 Å². The van der Waals surface area contributed by atoms with Crippen molar-refractivity contribution in [2.45, 2.75) is 53.5 Å². The number of rotatable bonds is 2. The van der Waals surface area contributed by atoms with E-state index in [-0.39, 0.29) is 0 Å². The predicted octanol–water partition coefficient (Wildman–Crippen LogP) is 5.55. The third-order valence-electron chi connectivity index (χ3n) is 4.95. The zero-order valence-corrected chi connectivity index (χ0v) is 15.2. The highest BCUT2D eigenvalue weighted by Gasteiger charge is 2.23. The summed E-state index contributed by atoms with van der Waals surface area (Å²) < 4.78 is 2.45. The molecule has 2 nitrogen and oxygen atoms in total. The second-order valence-corrected chi connectivity index (χ2v) is 8.37. The summed E-state index contributed by atoms with van der Waals surface area (Å²) in [5.74, 6) is 1.12. The van der Waals surface area contributed by atoms with Gasteiger partial charge in [0.05, 0.1) is 11.0 Å². The van der Waals surface area contributed by atoms with Gasteiger partial charge in [0, 0.05) is 12.1 Å². The summed E-state index contributed by atoms with van der Waals surface area (Å²) in [4.78, 5) is 4.98. The van der Waals surface area contributed by atoms with Gasteiger partial charge >= 0.3 is 0 Å². The fourth-order valence-corrected chi connectivity index (χ4v) is 3.91. The van der Waals surface area contributed by atoms with Gasteiger partial charge in [-0.15, -0.1) is 0 Å². The lowest BCUT2D eigenvalue weighted by molar-refractivity contribution is 0.409. The van der Waals surface area contributed by atoms with E-state index in [1.54, 1.807) is 0 Å². The van der Waals surface area contributed by atoms with E-state index in [9.17, 15) is 0 Å². The molecule has 0 fully saturated rings. The first-order chi connectivity index (χ1) is 11.4. The van der Waals surface area contributed by atoms with Crippen molar-refractivity contribution in [2.75, 3.05) is 0 Å². The highest BCUT2D eigenvalue weighted by atomic mass is 15.1. The first-order valence-corrected chi connectivity index (χ1v) is 9.00. The first kappa shape index (κ1) is 15.4. The second kappa shape index (κ2) is 5.47. The number of aryl methyl sites for hydroxylation is 3. The second-order valence-electron chi connectivity index (χ2n) is 8.37. The van der Waals surface area contributed by atoms with Gasteiger partial charge < -0.3 is 4.57 Å². The molecule has 0 unspecified atom stereocenters. The summed E-state index contributed by atoms with van der Waals surface area (Å²) >= 11 is 0. The van der Waals surface area contributed by atoms with Gasteiger partial charge in [-0.2, -0.15) is 0 Å². The van der Waals surface area contributed by atoms with Gasteiger partial charge in [-0.1, -0.05) is 56.7 Å². The van der Waals surface area contributed by atoms with Gasteiger partial charge in [-0.25, -0.2) is 4.98 Å². The van der Waals surface area contributed by atoms with Crippen LogP contribution in [0.4, 0.5) is 0 Å². The Morgan fingerprint density at radius 1 is 1.04 bits per heavy atom. The molecule has 0 aliphatic carbocycles. The van der Waals surface area contributed by atoms with Crippen molar-refractivity contribution < 1.29 is 0 Å². The van der Waals surface area contributed by atoms with E-state index in [0.29, 0.717) is 5.41 Å². The van der Waals surface area contributed by atoms with Gasteiger partial charge in [0.1, 0.15) is 5.82 Å². The van der Waals surface area contributed by atoms with Crippen LogP contribution in [0, 0.1) is 12.3 Å². The quantitative estimate of drug-likeness (QED) is 0.606. The average Bonchev–Trinajstić information content (AvgIpc) is 2.90. The number of benzene rings is 2. The van der Waals surface area contributed by atoms with Crippen LogP contribution in [0.1, 0.15) is 43.9 Å². The van der Waals surface area contributed by atoms with Crippen LogP contribution in [0.15, 0.2) is 36.4 Å². The topological polar surface area (TPSA) is 17.8 Å². The molecule has 0 saturated heterocycles. The Morgan fingerprint density at radius 2 is 1.79 bits per heavy atom. The molecule has 0 saturated carbocycles. The molecule has 4 rings (SSSR count). The van der Waals surface area contributed by atoms with Crippen LogP contribution in [-0.2, 0) is 19.4 Å². The van der Waals surface area contributed by atoms with Gasteiger partial charge in [-0.3, -0.25) is 0 Å². The van der Waals surface area contributed by atoms with E-state index in [1.807, 2.05) is 0 Å². The van der Waals surface area contributed by atoms with Crippen molar-refractivity contribution in [1.29, 1.82) is 0 Å². The van der Waals surface area contributed by atoms with Crippen LogP contribution < -0.4 is 0 Å². The minimum absolute atomic E-state index is 0.312. The Labute approximate surface area is 144 Å². The summed E-state index contributed by atoms with van der Waals surface area (Å²) in [6, 6.07) is 13.3. The van der Waals surface area contributed by atoms with Crippen LogP contribution in [0.2, 0.25) is 0 Å². The Bertz CT molecular complexity index is 892. The normalized spacial score (nSPS) is 14.3. The number of hydrogen-bond donors (Lipinski definition) is 0. The fraction of sp³-hybridized carbons (Fsp3) is 0.409. The van der Waals surface area contributed by atoms with Crippen molar-refractivity contribution >= 4 is 11.0 Å². The molecule has 2 heteroatoms. The number of imidazole rings is 1. The zero-order chi connectivity index (χ0) is 16.9. The van der Waals surface area contributed by atoms with E-state index in [4.69, 9.17) is 4.98 Å². The molecule has 2 heterocycles. The number of aromatic nitrogens is 2. The van der Waals surface area contributed by atoms with E-state index in [1.165, 1.54) is 40.6 Å². The monoisotopic (exact) mass is 318 g/mol. The summed E-state index contributed by atoms with van der Waals surface area (Å²) in [6.45, 7) is 10.2. The molecule has 0 spiro atoms. The molecule has 24 heavy (non-hydrogen) atoms. The predicted molar refractivity (Wildman–Crippen MR) is 101 cm³/mol. The third kappa shape index (κ3) is 2.64. The summed E-state index contributed by atoms with van der Waals surface area (Å²) in [5, 5.41) is 0. The van der Waals surface area contributed by atoms with Crippen molar-refractivity contribution in [3.63, 3.8) is 0 Å². The Kier molecular flexibility index (Phi) is 3.52. The van der Waals surface area contributed by atoms with Crippen LogP contribution in [-0.4, -0.2) is 9.55 Å². The standard InChI is InChI=1S/C22H26N2/c1-15-7-9-16(10-8-15)21-23-19-12-11-17(14-22(2,3)4)18-6-5-13-24(21)20(18)19/h7-12H,5-6,13-14H2,1-4H3. The molecule has 0 atom stereocenters. The summed E-state index contributed by atoms with van der Waals surface area (Å²) in [5.41, 5.74) is 8.39. The summed E-state index contributed by atoms with van der Waals surface area (Å²) in [7, 11) is 0. The molecule has 3 aromatic rings. The molecule has 1 aromatic heterocycles. The molecule has 124 valence electrons. The SMILES string of the molecule is Cc1ccc(-c2nc3ccc(CC(C)(C)C)c4c3n2CCC4)cc1. The molecule has 1 aliphatic heterocycles. The molecular weight excluding hydrogens is 292 g/mol. The van der Waals surface area contributed by atoms with E-state index in [0.717, 1.165) is 24.3 Å². The maximum atomic E-state index is 4.98.